The van der Waals surface area contributed by atoms with Gasteiger partial charge in [0.15, 0.2) is 0 Å². The first-order valence-corrected chi connectivity index (χ1v) is 7.87. The zero-order valence-electron chi connectivity index (χ0n) is 12.6. The van der Waals surface area contributed by atoms with Crippen LogP contribution < -0.4 is 10.1 Å². The molecule has 2 aromatic rings. The molecule has 4 heteroatoms. The van der Waals surface area contributed by atoms with Crippen LogP contribution in [0.15, 0.2) is 23.6 Å². The van der Waals surface area contributed by atoms with Crippen LogP contribution in [-0.4, -0.2) is 18.6 Å². The van der Waals surface area contributed by atoms with Gasteiger partial charge in [0.25, 0.3) is 0 Å². The first-order valence-electron chi connectivity index (χ1n) is 6.99. The fourth-order valence-electron chi connectivity index (χ4n) is 2.09. The largest absolute Gasteiger partial charge is 0.496 e. The summed E-state index contributed by atoms with van der Waals surface area (Å²) in [5.74, 6) is 0.920. The molecule has 1 N–H and O–H groups in total. The van der Waals surface area contributed by atoms with Gasteiger partial charge in [-0.2, -0.15) is 0 Å². The summed E-state index contributed by atoms with van der Waals surface area (Å²) in [6, 6.07) is 6.51. The van der Waals surface area contributed by atoms with Crippen LogP contribution in [0.3, 0.4) is 0 Å². The van der Waals surface area contributed by atoms with Gasteiger partial charge in [-0.25, -0.2) is 4.98 Å². The second-order valence-electron chi connectivity index (χ2n) is 4.94. The average Bonchev–Trinajstić information content (AvgIpc) is 2.94. The van der Waals surface area contributed by atoms with E-state index < -0.39 is 0 Å². The molecule has 0 aliphatic carbocycles. The monoisotopic (exact) mass is 290 g/mol. The number of nitrogens with one attached hydrogen (secondary N) is 1. The maximum absolute atomic E-state index is 5.30. The van der Waals surface area contributed by atoms with Crippen LogP contribution in [0.2, 0.25) is 0 Å². The molecule has 0 radical (unpaired) electrons. The van der Waals surface area contributed by atoms with E-state index in [-0.39, 0.29) is 0 Å². The van der Waals surface area contributed by atoms with Crippen LogP contribution in [-0.2, 0) is 0 Å². The number of aryl methyl sites for hydroxylation is 1. The minimum absolute atomic E-state index is 0.305. The topological polar surface area (TPSA) is 34.1 Å². The maximum atomic E-state index is 5.30. The van der Waals surface area contributed by atoms with E-state index in [2.05, 4.69) is 43.6 Å². The second-order valence-corrected chi connectivity index (χ2v) is 5.80. The Bertz CT molecular complexity index is 565. The van der Waals surface area contributed by atoms with E-state index in [1.54, 1.807) is 18.4 Å². The minimum Gasteiger partial charge on any atom is -0.496 e. The van der Waals surface area contributed by atoms with Crippen molar-refractivity contribution in [1.82, 2.24) is 10.3 Å². The molecule has 0 spiro atoms. The Morgan fingerprint density at radius 3 is 2.85 bits per heavy atom. The lowest BCUT2D eigenvalue weighted by molar-refractivity contribution is 0.412. The van der Waals surface area contributed by atoms with Gasteiger partial charge in [0.1, 0.15) is 10.8 Å². The molecule has 0 saturated carbocycles. The quantitative estimate of drug-likeness (QED) is 0.866. The average molecular weight is 290 g/mol. The lowest BCUT2D eigenvalue weighted by Crippen LogP contribution is -2.19. The number of hydrogen-bond donors (Lipinski definition) is 1. The molecule has 1 unspecified atom stereocenters. The summed E-state index contributed by atoms with van der Waals surface area (Å²) >= 11 is 1.69. The van der Waals surface area contributed by atoms with Gasteiger partial charge in [-0.15, -0.1) is 11.3 Å². The molecule has 0 bridgehead atoms. The highest BCUT2D eigenvalue weighted by atomic mass is 32.1. The third-order valence-corrected chi connectivity index (χ3v) is 4.22. The van der Waals surface area contributed by atoms with Crippen LogP contribution in [0.25, 0.3) is 10.6 Å². The van der Waals surface area contributed by atoms with Crippen molar-refractivity contribution in [1.29, 1.82) is 0 Å². The number of methoxy groups -OCH3 is 1. The molecule has 1 aromatic heterocycles. The predicted octanol–water partition coefficient (Wildman–Crippen LogP) is 4.19. The molecule has 1 atom stereocenters. The molecular weight excluding hydrogens is 268 g/mol. The van der Waals surface area contributed by atoms with Crippen molar-refractivity contribution in [2.75, 3.05) is 13.7 Å². The SMILES string of the molecule is CCCNC(C)c1csc(-c2ccc(OC)c(C)c2)n1. The molecule has 108 valence electrons. The van der Waals surface area contributed by atoms with Gasteiger partial charge < -0.3 is 10.1 Å². The normalized spacial score (nSPS) is 12.4. The van der Waals surface area contributed by atoms with Crippen molar-refractivity contribution < 1.29 is 4.74 Å². The summed E-state index contributed by atoms with van der Waals surface area (Å²) in [6.07, 6.45) is 1.14. The van der Waals surface area contributed by atoms with Gasteiger partial charge >= 0.3 is 0 Å². The Labute approximate surface area is 125 Å². The third kappa shape index (κ3) is 3.38. The molecule has 20 heavy (non-hydrogen) atoms. The zero-order chi connectivity index (χ0) is 14.5. The van der Waals surface area contributed by atoms with Crippen LogP contribution in [0.1, 0.15) is 37.6 Å². The fourth-order valence-corrected chi connectivity index (χ4v) is 3.00. The predicted molar refractivity (Wildman–Crippen MR) is 85.5 cm³/mol. The van der Waals surface area contributed by atoms with E-state index in [9.17, 15) is 0 Å². The van der Waals surface area contributed by atoms with Gasteiger partial charge in [0.2, 0.25) is 0 Å². The number of ether oxygens (including phenoxy) is 1. The molecule has 1 aromatic carbocycles. The van der Waals surface area contributed by atoms with Gasteiger partial charge in [-0.05, 0) is 50.6 Å². The number of aromatic nitrogens is 1. The molecule has 0 saturated heterocycles. The smallest absolute Gasteiger partial charge is 0.123 e. The van der Waals surface area contributed by atoms with Crippen molar-refractivity contribution in [3.63, 3.8) is 0 Å². The Morgan fingerprint density at radius 2 is 2.20 bits per heavy atom. The first-order chi connectivity index (χ1) is 9.65. The maximum Gasteiger partial charge on any atom is 0.123 e. The summed E-state index contributed by atoms with van der Waals surface area (Å²) < 4.78 is 5.30. The van der Waals surface area contributed by atoms with Crippen LogP contribution >= 0.6 is 11.3 Å². The summed E-state index contributed by atoms with van der Waals surface area (Å²) in [5.41, 5.74) is 3.41. The van der Waals surface area contributed by atoms with Gasteiger partial charge in [0.05, 0.1) is 12.8 Å². The standard InChI is InChI=1S/C16H22N2OS/c1-5-8-17-12(3)14-10-20-16(18-14)13-6-7-15(19-4)11(2)9-13/h6-7,9-10,12,17H,5,8H2,1-4H3. The van der Waals surface area contributed by atoms with Crippen LogP contribution in [0.5, 0.6) is 5.75 Å². The number of nitrogens with zero attached hydrogens (tertiary/aromatic N) is 1. The van der Waals surface area contributed by atoms with Gasteiger partial charge in [-0.3, -0.25) is 0 Å². The summed E-state index contributed by atoms with van der Waals surface area (Å²) in [6.45, 7) is 7.41. The van der Waals surface area contributed by atoms with Crippen molar-refractivity contribution >= 4 is 11.3 Å². The molecule has 0 amide bonds. The summed E-state index contributed by atoms with van der Waals surface area (Å²) in [7, 11) is 1.70. The van der Waals surface area contributed by atoms with Crippen LogP contribution in [0, 0.1) is 6.92 Å². The highest BCUT2D eigenvalue weighted by Gasteiger charge is 2.11. The highest BCUT2D eigenvalue weighted by molar-refractivity contribution is 7.13. The Kier molecular flexibility index (Phi) is 5.15. The lowest BCUT2D eigenvalue weighted by atomic mass is 10.1. The Balaban J connectivity index is 2.18. The van der Waals surface area contributed by atoms with Crippen molar-refractivity contribution in [2.24, 2.45) is 0 Å². The third-order valence-electron chi connectivity index (χ3n) is 3.31. The molecular formula is C16H22N2OS. The summed E-state index contributed by atoms with van der Waals surface area (Å²) in [4.78, 5) is 4.75. The molecule has 2 rings (SSSR count). The Hall–Kier alpha value is -1.39. The van der Waals surface area contributed by atoms with E-state index >= 15 is 0 Å². The zero-order valence-corrected chi connectivity index (χ0v) is 13.4. The minimum atomic E-state index is 0.305. The molecule has 3 nitrogen and oxygen atoms in total. The molecule has 0 fully saturated rings. The van der Waals surface area contributed by atoms with E-state index in [1.165, 1.54) is 0 Å². The van der Waals surface area contributed by atoms with E-state index in [0.717, 1.165) is 40.5 Å². The van der Waals surface area contributed by atoms with E-state index in [4.69, 9.17) is 9.72 Å². The second kappa shape index (κ2) is 6.86. The summed E-state index contributed by atoms with van der Waals surface area (Å²) in [5, 5.41) is 6.67. The Morgan fingerprint density at radius 1 is 1.40 bits per heavy atom. The molecule has 0 aliphatic rings. The van der Waals surface area contributed by atoms with E-state index in [0.29, 0.717) is 6.04 Å². The molecule has 0 aliphatic heterocycles. The van der Waals surface area contributed by atoms with Crippen LogP contribution in [0.4, 0.5) is 0 Å². The first kappa shape index (κ1) is 15.0. The lowest BCUT2D eigenvalue weighted by Gasteiger charge is -2.09. The highest BCUT2D eigenvalue weighted by Crippen LogP contribution is 2.29. The van der Waals surface area contributed by atoms with Gasteiger partial charge in [-0.1, -0.05) is 6.92 Å². The van der Waals surface area contributed by atoms with Crippen molar-refractivity contribution in [2.45, 2.75) is 33.2 Å². The number of rotatable bonds is 6. The van der Waals surface area contributed by atoms with E-state index in [1.807, 2.05) is 6.07 Å². The number of thiazole rings is 1. The van der Waals surface area contributed by atoms with Gasteiger partial charge in [0, 0.05) is 17.0 Å². The van der Waals surface area contributed by atoms with Crippen molar-refractivity contribution in [3.05, 3.63) is 34.8 Å². The molecule has 1 heterocycles. The number of hydrogen-bond acceptors (Lipinski definition) is 4. The fraction of sp³-hybridized carbons (Fsp3) is 0.438. The number of benzene rings is 1. The van der Waals surface area contributed by atoms with Crippen molar-refractivity contribution in [3.8, 4) is 16.3 Å².